The van der Waals surface area contributed by atoms with E-state index in [9.17, 15) is 47.9 Å². The lowest BCUT2D eigenvalue weighted by atomic mass is 10.1. The minimum Gasteiger partial charge on any atom is -0.215 e. The molecule has 1 atom stereocenters. The van der Waals surface area contributed by atoms with Gasteiger partial charge >= 0.3 is 33.4 Å². The van der Waals surface area contributed by atoms with Gasteiger partial charge in [0.05, 0.1) is 0 Å². The lowest BCUT2D eigenvalue weighted by molar-refractivity contribution is -0.382. The topological polar surface area (TPSA) is 43.4 Å². The molecule has 0 saturated carbocycles. The summed E-state index contributed by atoms with van der Waals surface area (Å²) in [6, 6.07) is 7.41. The molecule has 1 rings (SSSR count). The summed E-state index contributed by atoms with van der Waals surface area (Å²) >= 11 is 0. The summed E-state index contributed by atoms with van der Waals surface area (Å²) in [5.74, 6) is -15.3. The Hall–Kier alpha value is -1.15. The lowest BCUT2D eigenvalue weighted by Crippen LogP contribution is -2.63. The largest absolute Gasteiger partial charge is 0.460 e. The summed E-state index contributed by atoms with van der Waals surface area (Å²) in [7, 11) is -10.0. The van der Waals surface area contributed by atoms with Gasteiger partial charge in [0.25, 0.3) is 0 Å². The van der Waals surface area contributed by atoms with E-state index in [-0.39, 0.29) is 11.5 Å². The van der Waals surface area contributed by atoms with Crippen molar-refractivity contribution in [2.75, 3.05) is 12.0 Å². The van der Waals surface area contributed by atoms with Crippen molar-refractivity contribution in [3.63, 3.8) is 0 Å². The molecule has 1 unspecified atom stereocenters. The number of alkyl halides is 9. The van der Waals surface area contributed by atoms with Gasteiger partial charge in [0.1, 0.15) is 0 Å². The fourth-order valence-electron chi connectivity index (χ4n) is 1.88. The van der Waals surface area contributed by atoms with Crippen LogP contribution < -0.4 is 0 Å². The maximum Gasteiger partial charge on any atom is 0.460 e. The van der Waals surface area contributed by atoms with Crippen molar-refractivity contribution >= 4 is 20.4 Å². The fraction of sp³-hybridized carbons (Fsp3) is 0.571. The second-order valence-corrected chi connectivity index (χ2v) is 11.0. The lowest BCUT2D eigenvalue weighted by Gasteiger charge is -2.37. The Bertz CT molecular complexity index is 779. The second-order valence-electron chi connectivity index (χ2n) is 5.79. The molecule has 0 aliphatic rings. The van der Waals surface area contributed by atoms with Crippen LogP contribution in [0.1, 0.15) is 12.5 Å². The zero-order chi connectivity index (χ0) is 22.2. The van der Waals surface area contributed by atoms with Gasteiger partial charge in [-0.25, -0.2) is 3.63 Å². The molecule has 0 fully saturated rings. The first-order valence-electron chi connectivity index (χ1n) is 7.28. The van der Waals surface area contributed by atoms with E-state index in [2.05, 4.69) is 3.63 Å². The van der Waals surface area contributed by atoms with E-state index in [1.807, 2.05) is 0 Å². The summed E-state index contributed by atoms with van der Waals surface area (Å²) < 4.78 is 144. The van der Waals surface area contributed by atoms with Gasteiger partial charge in [0.15, 0.2) is 0 Å². The SMILES string of the molecule is CCS(C)(Cc1ccccc1)OS(=O)(=O)C(F)(F)C(F)(F)C(F)(F)C(F)(F)F. The van der Waals surface area contributed by atoms with E-state index < -0.39 is 43.7 Å². The average Bonchev–Trinajstić information content (AvgIpc) is 2.53. The molecule has 0 heterocycles. The molecular weight excluding hydrogens is 451 g/mol. The highest BCUT2D eigenvalue weighted by Crippen LogP contribution is 2.58. The van der Waals surface area contributed by atoms with Crippen LogP contribution in [-0.4, -0.2) is 43.7 Å². The number of hydrogen-bond acceptors (Lipinski definition) is 3. The van der Waals surface area contributed by atoms with Crippen LogP contribution in [0.4, 0.5) is 39.5 Å². The molecule has 0 aliphatic carbocycles. The highest BCUT2D eigenvalue weighted by molar-refractivity contribution is 8.31. The molecule has 0 radical (unpaired) electrons. The Labute approximate surface area is 156 Å². The first-order valence-corrected chi connectivity index (χ1v) is 11.0. The Morgan fingerprint density at radius 3 is 1.71 bits per heavy atom. The smallest absolute Gasteiger partial charge is 0.215 e. The van der Waals surface area contributed by atoms with E-state index in [1.54, 1.807) is 6.07 Å². The third kappa shape index (κ3) is 4.37. The van der Waals surface area contributed by atoms with Gasteiger partial charge in [-0.15, -0.1) is 10.3 Å². The number of hydrogen-bond donors (Lipinski definition) is 0. The third-order valence-electron chi connectivity index (χ3n) is 3.61. The Morgan fingerprint density at radius 2 is 1.32 bits per heavy atom. The molecule has 0 spiro atoms. The minimum atomic E-state index is -7.32. The van der Waals surface area contributed by atoms with E-state index in [0.717, 1.165) is 6.26 Å². The van der Waals surface area contributed by atoms with E-state index in [4.69, 9.17) is 0 Å². The quantitative estimate of drug-likeness (QED) is 0.487. The Kier molecular flexibility index (Phi) is 6.75. The van der Waals surface area contributed by atoms with Crippen molar-refractivity contribution in [2.24, 2.45) is 0 Å². The van der Waals surface area contributed by atoms with Crippen molar-refractivity contribution < 1.29 is 51.6 Å². The van der Waals surface area contributed by atoms with Crippen molar-refractivity contribution in [1.29, 1.82) is 0 Å². The maximum atomic E-state index is 13.8. The first kappa shape index (κ1) is 24.9. The molecule has 0 aliphatic heterocycles. The van der Waals surface area contributed by atoms with E-state index in [0.29, 0.717) is 5.56 Å². The van der Waals surface area contributed by atoms with E-state index in [1.165, 1.54) is 31.2 Å². The molecule has 0 bridgehead atoms. The Balaban J connectivity index is 3.31. The summed E-state index contributed by atoms with van der Waals surface area (Å²) in [5, 5.41) is -6.85. The summed E-state index contributed by atoms with van der Waals surface area (Å²) in [5.41, 5.74) is 0.354. The van der Waals surface area contributed by atoms with Crippen LogP contribution in [0.2, 0.25) is 0 Å². The van der Waals surface area contributed by atoms with Gasteiger partial charge in [-0.05, 0) is 17.6 Å². The van der Waals surface area contributed by atoms with Crippen LogP contribution in [0.3, 0.4) is 0 Å². The monoisotopic (exact) mass is 466 g/mol. The molecule has 1 aromatic rings. The van der Waals surface area contributed by atoms with Crippen LogP contribution >= 0.6 is 10.3 Å². The Morgan fingerprint density at radius 1 is 0.857 bits per heavy atom. The zero-order valence-corrected chi connectivity index (χ0v) is 15.9. The highest BCUT2D eigenvalue weighted by Gasteiger charge is 2.86. The molecule has 0 N–H and O–H groups in total. The average molecular weight is 466 g/mol. The van der Waals surface area contributed by atoms with Crippen LogP contribution in [0.15, 0.2) is 30.3 Å². The van der Waals surface area contributed by atoms with Gasteiger partial charge in [-0.3, -0.25) is 0 Å². The number of halogens is 9. The van der Waals surface area contributed by atoms with Crippen LogP contribution in [-0.2, 0) is 19.5 Å². The number of benzene rings is 1. The van der Waals surface area contributed by atoms with Crippen molar-refractivity contribution in [2.45, 2.75) is 36.0 Å². The summed E-state index contributed by atoms with van der Waals surface area (Å²) in [4.78, 5) is 0. The fourth-order valence-corrected chi connectivity index (χ4v) is 6.07. The van der Waals surface area contributed by atoms with Crippen LogP contribution in [0.5, 0.6) is 0 Å². The van der Waals surface area contributed by atoms with Gasteiger partial charge in [-0.1, -0.05) is 37.3 Å². The van der Waals surface area contributed by atoms with Gasteiger partial charge in [0, 0.05) is 5.75 Å². The molecule has 0 aromatic heterocycles. The standard InChI is InChI=1S/C14H15F9O3S2/c1-3-27(2,9-10-7-5-4-6-8-10)26-28(24,25)14(22,23)12(17,18)11(15,16)13(19,20)21/h4-8H,3,9H2,1-2H3. The van der Waals surface area contributed by atoms with Gasteiger partial charge < -0.3 is 0 Å². The van der Waals surface area contributed by atoms with Crippen molar-refractivity contribution in [3.8, 4) is 0 Å². The molecule has 3 nitrogen and oxygen atoms in total. The van der Waals surface area contributed by atoms with Crippen molar-refractivity contribution in [3.05, 3.63) is 35.9 Å². The molecule has 1 aromatic carbocycles. The van der Waals surface area contributed by atoms with Crippen LogP contribution in [0.25, 0.3) is 0 Å². The molecule has 0 saturated heterocycles. The first-order chi connectivity index (χ1) is 12.3. The minimum absolute atomic E-state index is 0.293. The second kappa shape index (κ2) is 7.59. The predicted molar refractivity (Wildman–Crippen MR) is 85.1 cm³/mol. The normalized spacial score (nSPS) is 17.8. The van der Waals surface area contributed by atoms with Gasteiger partial charge in [-0.2, -0.15) is 47.9 Å². The van der Waals surface area contributed by atoms with Gasteiger partial charge in [0.2, 0.25) is 0 Å². The summed E-state index contributed by atoms with van der Waals surface area (Å²) in [6.07, 6.45) is -6.13. The molecule has 28 heavy (non-hydrogen) atoms. The highest BCUT2D eigenvalue weighted by atomic mass is 32.3. The zero-order valence-electron chi connectivity index (χ0n) is 14.2. The third-order valence-corrected chi connectivity index (χ3v) is 8.69. The van der Waals surface area contributed by atoms with E-state index >= 15 is 0 Å². The molecule has 0 amide bonds. The number of rotatable bonds is 8. The molecule has 164 valence electrons. The predicted octanol–water partition coefficient (Wildman–Crippen LogP) is 5.33. The summed E-state index contributed by atoms with van der Waals surface area (Å²) in [6.45, 7) is 1.26. The van der Waals surface area contributed by atoms with Crippen LogP contribution in [0, 0.1) is 0 Å². The molecular formula is C14H15F9O3S2. The maximum absolute atomic E-state index is 13.8. The van der Waals surface area contributed by atoms with Crippen molar-refractivity contribution in [1.82, 2.24) is 0 Å². The molecule has 14 heteroatoms.